The molecule has 1 rings (SSSR count). The highest BCUT2D eigenvalue weighted by atomic mass is 19.1. The van der Waals surface area contributed by atoms with Gasteiger partial charge in [-0.3, -0.25) is 4.79 Å². The first-order chi connectivity index (χ1) is 6.63. The first kappa shape index (κ1) is 11.4. The van der Waals surface area contributed by atoms with Gasteiger partial charge in [-0.25, -0.2) is 4.39 Å². The first-order valence-corrected chi connectivity index (χ1v) is 5.08. The molecular formula is C10H17FO3. The van der Waals surface area contributed by atoms with Crippen LogP contribution < -0.4 is 0 Å². The summed E-state index contributed by atoms with van der Waals surface area (Å²) in [4.78, 5) is 11.1. The van der Waals surface area contributed by atoms with Crippen LogP contribution in [0.2, 0.25) is 0 Å². The Morgan fingerprint density at radius 2 is 2.43 bits per heavy atom. The summed E-state index contributed by atoms with van der Waals surface area (Å²) < 4.78 is 18.5. The van der Waals surface area contributed by atoms with Crippen LogP contribution in [0.5, 0.6) is 0 Å². The van der Waals surface area contributed by atoms with E-state index < -0.39 is 17.6 Å². The van der Waals surface area contributed by atoms with Crippen molar-refractivity contribution in [3.8, 4) is 0 Å². The molecule has 0 saturated carbocycles. The number of carbonyl (C=O) groups is 1. The molecule has 2 unspecified atom stereocenters. The second-order valence-corrected chi connectivity index (χ2v) is 3.86. The molecule has 0 spiro atoms. The van der Waals surface area contributed by atoms with Crippen LogP contribution >= 0.6 is 0 Å². The lowest BCUT2D eigenvalue weighted by molar-refractivity contribution is -0.164. The van der Waals surface area contributed by atoms with Crippen LogP contribution in [0.1, 0.15) is 32.6 Å². The van der Waals surface area contributed by atoms with Gasteiger partial charge in [-0.15, -0.1) is 0 Å². The summed E-state index contributed by atoms with van der Waals surface area (Å²) in [5.74, 6) is -1.01. The lowest BCUT2D eigenvalue weighted by Gasteiger charge is -2.36. The quantitative estimate of drug-likeness (QED) is 0.761. The summed E-state index contributed by atoms with van der Waals surface area (Å²) in [6, 6.07) is 0. The van der Waals surface area contributed by atoms with Crippen molar-refractivity contribution >= 4 is 5.97 Å². The van der Waals surface area contributed by atoms with Crippen LogP contribution in [0, 0.1) is 5.41 Å². The molecule has 1 saturated heterocycles. The Labute approximate surface area is 83.3 Å². The third-order valence-electron chi connectivity index (χ3n) is 2.96. The molecule has 3 nitrogen and oxygen atoms in total. The van der Waals surface area contributed by atoms with Crippen LogP contribution in [0.15, 0.2) is 0 Å². The number of carboxylic acid groups (broad SMARTS) is 1. The molecule has 14 heavy (non-hydrogen) atoms. The molecule has 1 heterocycles. The molecular weight excluding hydrogens is 187 g/mol. The van der Waals surface area contributed by atoms with Crippen molar-refractivity contribution in [3.63, 3.8) is 0 Å². The Bertz CT molecular complexity index is 208. The van der Waals surface area contributed by atoms with E-state index in [-0.39, 0.29) is 6.61 Å². The highest BCUT2D eigenvalue weighted by Crippen LogP contribution is 2.38. The summed E-state index contributed by atoms with van der Waals surface area (Å²) in [6.45, 7) is 2.26. The Balaban J connectivity index is 2.72. The molecule has 0 aromatic heterocycles. The maximum Gasteiger partial charge on any atom is 0.312 e. The van der Waals surface area contributed by atoms with E-state index in [9.17, 15) is 9.18 Å². The minimum absolute atomic E-state index is 0.0734. The Morgan fingerprint density at radius 3 is 2.93 bits per heavy atom. The van der Waals surface area contributed by atoms with Gasteiger partial charge in [0.1, 0.15) is 11.6 Å². The number of rotatable bonds is 4. The molecule has 1 fully saturated rings. The molecule has 0 radical (unpaired) electrons. The Morgan fingerprint density at radius 1 is 1.71 bits per heavy atom. The fourth-order valence-corrected chi connectivity index (χ4v) is 1.88. The number of halogens is 1. The summed E-state index contributed by atoms with van der Waals surface area (Å²) >= 11 is 0. The molecule has 2 atom stereocenters. The van der Waals surface area contributed by atoms with Gasteiger partial charge in [0.2, 0.25) is 0 Å². The van der Waals surface area contributed by atoms with E-state index in [1.54, 1.807) is 0 Å². The average Bonchev–Trinajstić information content (AvgIpc) is 2.16. The molecule has 0 aliphatic carbocycles. The molecule has 82 valence electrons. The SMILES string of the molecule is CCCCC1(C(=O)O)CCOCC1F. The minimum atomic E-state index is -1.36. The highest BCUT2D eigenvalue weighted by Gasteiger charge is 2.47. The van der Waals surface area contributed by atoms with Crippen LogP contribution in [0.4, 0.5) is 4.39 Å². The predicted octanol–water partition coefficient (Wildman–Crippen LogP) is 2.01. The van der Waals surface area contributed by atoms with E-state index in [0.717, 1.165) is 12.8 Å². The Hall–Kier alpha value is -0.640. The summed E-state index contributed by atoms with van der Waals surface area (Å²) in [5, 5.41) is 9.09. The van der Waals surface area contributed by atoms with Gasteiger partial charge in [-0.2, -0.15) is 0 Å². The summed E-state index contributed by atoms with van der Waals surface area (Å²) in [6.07, 6.45) is 1.00. The lowest BCUT2D eigenvalue weighted by atomic mass is 9.75. The zero-order chi connectivity index (χ0) is 10.6. The molecule has 0 aromatic carbocycles. The van der Waals surface area contributed by atoms with Gasteiger partial charge in [0, 0.05) is 6.61 Å². The molecule has 1 N–H and O–H groups in total. The number of aliphatic carboxylic acids is 1. The maximum absolute atomic E-state index is 13.6. The minimum Gasteiger partial charge on any atom is -0.481 e. The predicted molar refractivity (Wildman–Crippen MR) is 49.9 cm³/mol. The van der Waals surface area contributed by atoms with E-state index in [2.05, 4.69) is 0 Å². The van der Waals surface area contributed by atoms with Crippen molar-refractivity contribution < 1.29 is 19.0 Å². The zero-order valence-electron chi connectivity index (χ0n) is 8.46. The van der Waals surface area contributed by atoms with Gasteiger partial charge in [-0.05, 0) is 12.8 Å². The number of carboxylic acids is 1. The van der Waals surface area contributed by atoms with Gasteiger partial charge in [-0.1, -0.05) is 19.8 Å². The van der Waals surface area contributed by atoms with Crippen molar-refractivity contribution in [2.45, 2.75) is 38.8 Å². The molecule has 1 aliphatic heterocycles. The third kappa shape index (κ3) is 2.05. The fourth-order valence-electron chi connectivity index (χ4n) is 1.88. The number of unbranched alkanes of at least 4 members (excludes halogenated alkanes) is 1. The Kier molecular flexibility index (Phi) is 3.86. The van der Waals surface area contributed by atoms with Gasteiger partial charge in [0.15, 0.2) is 0 Å². The van der Waals surface area contributed by atoms with Crippen LogP contribution in [-0.2, 0) is 9.53 Å². The van der Waals surface area contributed by atoms with Gasteiger partial charge in [0.05, 0.1) is 6.61 Å². The van der Waals surface area contributed by atoms with E-state index in [0.29, 0.717) is 19.4 Å². The highest BCUT2D eigenvalue weighted by molar-refractivity contribution is 5.75. The monoisotopic (exact) mass is 204 g/mol. The lowest BCUT2D eigenvalue weighted by Crippen LogP contribution is -2.46. The van der Waals surface area contributed by atoms with Crippen LogP contribution in [0.3, 0.4) is 0 Å². The van der Waals surface area contributed by atoms with Crippen LogP contribution in [-0.4, -0.2) is 30.5 Å². The fraction of sp³-hybridized carbons (Fsp3) is 0.900. The largest absolute Gasteiger partial charge is 0.481 e. The van der Waals surface area contributed by atoms with Crippen molar-refractivity contribution in [1.29, 1.82) is 0 Å². The summed E-state index contributed by atoms with van der Waals surface area (Å²) in [5.41, 5.74) is -1.19. The van der Waals surface area contributed by atoms with Crippen molar-refractivity contribution in [2.75, 3.05) is 13.2 Å². The van der Waals surface area contributed by atoms with E-state index in [4.69, 9.17) is 9.84 Å². The second kappa shape index (κ2) is 4.73. The number of ether oxygens (including phenoxy) is 1. The van der Waals surface area contributed by atoms with E-state index >= 15 is 0 Å². The standard InChI is InChI=1S/C10H17FO3/c1-2-3-4-10(9(12)13)5-6-14-7-8(10)11/h8H,2-7H2,1H3,(H,12,13). The number of hydrogen-bond acceptors (Lipinski definition) is 2. The second-order valence-electron chi connectivity index (χ2n) is 3.86. The van der Waals surface area contributed by atoms with Gasteiger partial charge < -0.3 is 9.84 Å². The van der Waals surface area contributed by atoms with Crippen molar-refractivity contribution in [1.82, 2.24) is 0 Å². The topological polar surface area (TPSA) is 46.5 Å². The molecule has 0 aromatic rings. The van der Waals surface area contributed by atoms with E-state index in [1.807, 2.05) is 6.92 Å². The third-order valence-corrected chi connectivity index (χ3v) is 2.96. The average molecular weight is 204 g/mol. The van der Waals surface area contributed by atoms with Crippen LogP contribution in [0.25, 0.3) is 0 Å². The number of hydrogen-bond donors (Lipinski definition) is 1. The van der Waals surface area contributed by atoms with Gasteiger partial charge >= 0.3 is 5.97 Å². The molecule has 0 amide bonds. The first-order valence-electron chi connectivity index (χ1n) is 5.08. The molecule has 0 bridgehead atoms. The van der Waals surface area contributed by atoms with E-state index in [1.165, 1.54) is 0 Å². The maximum atomic E-state index is 13.6. The number of alkyl halides is 1. The normalized spacial score (nSPS) is 32.9. The van der Waals surface area contributed by atoms with Gasteiger partial charge in [0.25, 0.3) is 0 Å². The molecule has 1 aliphatic rings. The van der Waals surface area contributed by atoms with Crippen molar-refractivity contribution in [2.24, 2.45) is 5.41 Å². The zero-order valence-corrected chi connectivity index (χ0v) is 8.46. The smallest absolute Gasteiger partial charge is 0.312 e. The van der Waals surface area contributed by atoms with Crippen molar-refractivity contribution in [3.05, 3.63) is 0 Å². The molecule has 4 heteroatoms. The summed E-state index contributed by atoms with van der Waals surface area (Å²) in [7, 11) is 0.